The molecule has 9 heavy (non-hydrogen) atoms. The maximum atomic E-state index is 9.04. The molecule has 0 aliphatic heterocycles. The van der Waals surface area contributed by atoms with Crippen LogP contribution < -0.4 is 0 Å². The molecular formula is C7H13IO. The quantitative estimate of drug-likeness (QED) is 0.338. The van der Waals surface area contributed by atoms with Crippen molar-refractivity contribution in [1.29, 1.82) is 0 Å². The molecule has 0 aromatic carbocycles. The van der Waals surface area contributed by atoms with Crippen LogP contribution in [0.5, 0.6) is 0 Å². The summed E-state index contributed by atoms with van der Waals surface area (Å²) in [5, 5.41) is 9.04. The Bertz CT molecular complexity index is 73.3. The van der Waals surface area contributed by atoms with E-state index in [4.69, 9.17) is 5.11 Å². The number of unbranched alkanes of at least 4 members (excludes halogenated alkanes) is 1. The highest BCUT2D eigenvalue weighted by Crippen LogP contribution is 2.03. The second-order valence-corrected chi connectivity index (χ2v) is 2.91. The van der Waals surface area contributed by atoms with Gasteiger partial charge < -0.3 is 5.11 Å². The van der Waals surface area contributed by atoms with Gasteiger partial charge in [0.15, 0.2) is 0 Å². The van der Waals surface area contributed by atoms with Crippen LogP contribution in [-0.4, -0.2) is 15.6 Å². The van der Waals surface area contributed by atoms with E-state index in [0.717, 1.165) is 23.7 Å². The standard InChI is InChI=1S/C7H13IO/c1-2-3-4-5-7(9)6-8/h2,7,9H,1,3-6H2/t7-/m0/s1. The molecule has 1 atom stereocenters. The lowest BCUT2D eigenvalue weighted by Crippen LogP contribution is -2.06. The first-order valence-electron chi connectivity index (χ1n) is 3.16. The molecule has 0 amide bonds. The van der Waals surface area contributed by atoms with Gasteiger partial charge in [0.05, 0.1) is 6.10 Å². The van der Waals surface area contributed by atoms with Gasteiger partial charge in [0, 0.05) is 4.43 Å². The van der Waals surface area contributed by atoms with Crippen LogP contribution in [-0.2, 0) is 0 Å². The molecule has 0 heterocycles. The largest absolute Gasteiger partial charge is 0.392 e. The molecule has 0 saturated carbocycles. The lowest BCUT2D eigenvalue weighted by Gasteiger charge is -2.03. The Labute approximate surface area is 70.3 Å². The summed E-state index contributed by atoms with van der Waals surface area (Å²) in [6.07, 6.45) is 4.78. The van der Waals surface area contributed by atoms with Crippen LogP contribution in [0.2, 0.25) is 0 Å². The average molecular weight is 240 g/mol. The monoisotopic (exact) mass is 240 g/mol. The third kappa shape index (κ3) is 6.31. The Kier molecular flexibility index (Phi) is 6.86. The minimum Gasteiger partial charge on any atom is -0.392 e. The summed E-state index contributed by atoms with van der Waals surface area (Å²) in [4.78, 5) is 0. The summed E-state index contributed by atoms with van der Waals surface area (Å²) in [6, 6.07) is 0. The molecule has 0 aromatic rings. The van der Waals surface area contributed by atoms with E-state index in [-0.39, 0.29) is 6.10 Å². The molecular weight excluding hydrogens is 227 g/mol. The van der Waals surface area contributed by atoms with Crippen molar-refractivity contribution in [3.05, 3.63) is 12.7 Å². The first kappa shape index (κ1) is 9.43. The molecule has 0 unspecified atom stereocenters. The average Bonchev–Trinajstić information content (AvgIpc) is 1.89. The molecule has 0 rings (SSSR count). The van der Waals surface area contributed by atoms with Crippen LogP contribution >= 0.6 is 22.6 Å². The van der Waals surface area contributed by atoms with Crippen molar-refractivity contribution < 1.29 is 5.11 Å². The molecule has 2 heteroatoms. The highest BCUT2D eigenvalue weighted by Gasteiger charge is 1.98. The molecule has 0 fully saturated rings. The van der Waals surface area contributed by atoms with Crippen molar-refractivity contribution in [3.63, 3.8) is 0 Å². The molecule has 1 nitrogen and oxygen atoms in total. The number of hydrogen-bond donors (Lipinski definition) is 1. The Morgan fingerprint density at radius 3 is 2.78 bits per heavy atom. The number of halogens is 1. The molecule has 0 aliphatic rings. The smallest absolute Gasteiger partial charge is 0.0629 e. The summed E-state index contributed by atoms with van der Waals surface area (Å²) in [5.74, 6) is 0. The molecule has 0 aromatic heterocycles. The van der Waals surface area contributed by atoms with E-state index in [1.165, 1.54) is 0 Å². The SMILES string of the molecule is C=CCCC[C@H](O)CI. The minimum absolute atomic E-state index is 0.106. The fourth-order valence-corrected chi connectivity index (χ4v) is 1.02. The topological polar surface area (TPSA) is 20.2 Å². The normalized spacial score (nSPS) is 13.1. The van der Waals surface area contributed by atoms with E-state index in [9.17, 15) is 0 Å². The number of hydrogen-bond acceptors (Lipinski definition) is 1. The zero-order valence-electron chi connectivity index (χ0n) is 5.52. The van der Waals surface area contributed by atoms with Crippen LogP contribution in [0.25, 0.3) is 0 Å². The van der Waals surface area contributed by atoms with E-state index >= 15 is 0 Å². The summed E-state index contributed by atoms with van der Waals surface area (Å²) in [5.41, 5.74) is 0. The lowest BCUT2D eigenvalue weighted by atomic mass is 10.2. The van der Waals surface area contributed by atoms with Crippen molar-refractivity contribution in [3.8, 4) is 0 Å². The molecule has 0 saturated heterocycles. The molecule has 1 N–H and O–H groups in total. The molecule has 0 spiro atoms. The van der Waals surface area contributed by atoms with Gasteiger partial charge in [-0.1, -0.05) is 28.7 Å². The van der Waals surface area contributed by atoms with Gasteiger partial charge in [0.1, 0.15) is 0 Å². The van der Waals surface area contributed by atoms with Crippen molar-refractivity contribution in [1.82, 2.24) is 0 Å². The van der Waals surface area contributed by atoms with Gasteiger partial charge in [-0.3, -0.25) is 0 Å². The van der Waals surface area contributed by atoms with Gasteiger partial charge >= 0.3 is 0 Å². The van der Waals surface area contributed by atoms with Crippen molar-refractivity contribution in [2.75, 3.05) is 4.43 Å². The van der Waals surface area contributed by atoms with Crippen molar-refractivity contribution >= 4 is 22.6 Å². The Morgan fingerprint density at radius 2 is 2.33 bits per heavy atom. The summed E-state index contributed by atoms with van der Waals surface area (Å²) in [7, 11) is 0. The highest BCUT2D eigenvalue weighted by molar-refractivity contribution is 14.1. The maximum absolute atomic E-state index is 9.04. The van der Waals surface area contributed by atoms with Crippen LogP contribution in [0.15, 0.2) is 12.7 Å². The first-order chi connectivity index (χ1) is 4.31. The zero-order valence-corrected chi connectivity index (χ0v) is 7.67. The Hall–Kier alpha value is 0.430. The van der Waals surface area contributed by atoms with Crippen molar-refractivity contribution in [2.24, 2.45) is 0 Å². The number of alkyl halides is 1. The number of rotatable bonds is 5. The van der Waals surface area contributed by atoms with Crippen LogP contribution in [0.4, 0.5) is 0 Å². The van der Waals surface area contributed by atoms with Crippen LogP contribution in [0.3, 0.4) is 0 Å². The summed E-state index contributed by atoms with van der Waals surface area (Å²) >= 11 is 2.19. The molecule has 0 aliphatic carbocycles. The maximum Gasteiger partial charge on any atom is 0.0629 e. The fourth-order valence-electron chi connectivity index (χ4n) is 0.575. The first-order valence-corrected chi connectivity index (χ1v) is 4.68. The van der Waals surface area contributed by atoms with Gasteiger partial charge in [-0.25, -0.2) is 0 Å². The predicted octanol–water partition coefficient (Wildman–Crippen LogP) is 2.14. The van der Waals surface area contributed by atoms with Gasteiger partial charge in [-0.15, -0.1) is 6.58 Å². The van der Waals surface area contributed by atoms with E-state index in [1.54, 1.807) is 0 Å². The minimum atomic E-state index is -0.106. The predicted molar refractivity (Wildman–Crippen MR) is 48.9 cm³/mol. The number of allylic oxidation sites excluding steroid dienone is 1. The van der Waals surface area contributed by atoms with Gasteiger partial charge in [-0.2, -0.15) is 0 Å². The van der Waals surface area contributed by atoms with E-state index in [1.807, 2.05) is 6.08 Å². The van der Waals surface area contributed by atoms with Gasteiger partial charge in [0.25, 0.3) is 0 Å². The lowest BCUT2D eigenvalue weighted by molar-refractivity contribution is 0.189. The molecule has 54 valence electrons. The highest BCUT2D eigenvalue weighted by atomic mass is 127. The Balaban J connectivity index is 2.96. The number of aliphatic hydroxyl groups is 1. The molecule has 0 radical (unpaired) electrons. The Morgan fingerprint density at radius 1 is 1.67 bits per heavy atom. The third-order valence-electron chi connectivity index (χ3n) is 1.12. The second-order valence-electron chi connectivity index (χ2n) is 2.03. The van der Waals surface area contributed by atoms with Crippen molar-refractivity contribution in [2.45, 2.75) is 25.4 Å². The number of aliphatic hydroxyl groups excluding tert-OH is 1. The van der Waals surface area contributed by atoms with E-state index in [2.05, 4.69) is 29.2 Å². The fraction of sp³-hybridized carbons (Fsp3) is 0.714. The molecule has 0 bridgehead atoms. The third-order valence-corrected chi connectivity index (χ3v) is 2.14. The zero-order chi connectivity index (χ0) is 7.11. The van der Waals surface area contributed by atoms with E-state index < -0.39 is 0 Å². The summed E-state index contributed by atoms with van der Waals surface area (Å²) in [6.45, 7) is 3.60. The second kappa shape index (κ2) is 6.55. The van der Waals surface area contributed by atoms with Gasteiger partial charge in [0.2, 0.25) is 0 Å². The van der Waals surface area contributed by atoms with Crippen LogP contribution in [0, 0.1) is 0 Å². The van der Waals surface area contributed by atoms with E-state index in [0.29, 0.717) is 0 Å². The van der Waals surface area contributed by atoms with Gasteiger partial charge in [-0.05, 0) is 19.3 Å². The summed E-state index contributed by atoms with van der Waals surface area (Å²) < 4.78 is 0.842. The van der Waals surface area contributed by atoms with Crippen LogP contribution in [0.1, 0.15) is 19.3 Å².